The van der Waals surface area contributed by atoms with Crippen molar-refractivity contribution in [2.24, 2.45) is 0 Å². The van der Waals surface area contributed by atoms with Crippen LogP contribution in [0.5, 0.6) is 11.5 Å². The number of nitrogens with zero attached hydrogens (tertiary/aromatic N) is 1. The van der Waals surface area contributed by atoms with Crippen LogP contribution >= 0.6 is 0 Å². The molecule has 1 aliphatic heterocycles. The van der Waals surface area contributed by atoms with Crippen LogP contribution in [0, 0.1) is 0 Å². The van der Waals surface area contributed by atoms with Crippen molar-refractivity contribution in [2.45, 2.75) is 6.42 Å². The van der Waals surface area contributed by atoms with E-state index in [4.69, 9.17) is 15.2 Å². The van der Waals surface area contributed by atoms with Crippen LogP contribution in [-0.2, 0) is 6.42 Å². The lowest BCUT2D eigenvalue weighted by Crippen LogP contribution is -2.16. The SMILES string of the molecule is Nc1cc2c(cc1NCCc1ncc[nH]1)OCCO2. The van der Waals surface area contributed by atoms with E-state index in [0.717, 1.165) is 30.2 Å². The average molecular weight is 260 g/mol. The van der Waals surface area contributed by atoms with Gasteiger partial charge in [-0.1, -0.05) is 0 Å². The standard InChI is InChI=1S/C13H16N4O2/c14-9-7-11-12(19-6-5-18-11)8-10(9)15-2-1-13-16-3-4-17-13/h3-4,7-8,15H,1-2,5-6,14H2,(H,16,17). The number of aromatic nitrogens is 2. The molecule has 1 aliphatic rings. The number of H-pyrrole nitrogens is 1. The van der Waals surface area contributed by atoms with E-state index in [1.165, 1.54) is 0 Å². The maximum Gasteiger partial charge on any atom is 0.163 e. The number of hydrogen-bond donors (Lipinski definition) is 3. The molecule has 0 saturated heterocycles. The number of rotatable bonds is 4. The first kappa shape index (κ1) is 11.7. The lowest BCUT2D eigenvalue weighted by Gasteiger charge is -2.20. The average Bonchev–Trinajstić information content (AvgIpc) is 2.92. The highest BCUT2D eigenvalue weighted by molar-refractivity contribution is 5.72. The predicted octanol–water partition coefficient (Wildman–Crippen LogP) is 1.42. The molecule has 100 valence electrons. The molecule has 6 nitrogen and oxygen atoms in total. The van der Waals surface area contributed by atoms with E-state index in [-0.39, 0.29) is 0 Å². The van der Waals surface area contributed by atoms with E-state index in [0.29, 0.717) is 24.7 Å². The van der Waals surface area contributed by atoms with Crippen molar-refractivity contribution in [3.63, 3.8) is 0 Å². The van der Waals surface area contributed by atoms with Gasteiger partial charge in [-0.05, 0) is 0 Å². The normalized spacial score (nSPS) is 13.3. The lowest BCUT2D eigenvalue weighted by molar-refractivity contribution is 0.172. The second-order valence-electron chi connectivity index (χ2n) is 4.30. The number of hydrogen-bond acceptors (Lipinski definition) is 5. The van der Waals surface area contributed by atoms with Gasteiger partial charge in [0.15, 0.2) is 11.5 Å². The summed E-state index contributed by atoms with van der Waals surface area (Å²) in [6.45, 7) is 1.89. The summed E-state index contributed by atoms with van der Waals surface area (Å²) >= 11 is 0. The number of fused-ring (bicyclic) bond motifs is 1. The Morgan fingerprint density at radius 2 is 2.05 bits per heavy atom. The third-order valence-corrected chi connectivity index (χ3v) is 2.95. The van der Waals surface area contributed by atoms with Crippen molar-refractivity contribution >= 4 is 11.4 Å². The molecule has 4 N–H and O–H groups in total. The zero-order valence-corrected chi connectivity index (χ0v) is 10.5. The van der Waals surface area contributed by atoms with E-state index >= 15 is 0 Å². The number of imidazole rings is 1. The van der Waals surface area contributed by atoms with Crippen LogP contribution in [0.2, 0.25) is 0 Å². The monoisotopic (exact) mass is 260 g/mol. The summed E-state index contributed by atoms with van der Waals surface area (Å²) in [6, 6.07) is 3.68. The van der Waals surface area contributed by atoms with Crippen molar-refractivity contribution in [3.8, 4) is 11.5 Å². The molecular weight excluding hydrogens is 244 g/mol. The van der Waals surface area contributed by atoms with Gasteiger partial charge in [-0.15, -0.1) is 0 Å². The summed E-state index contributed by atoms with van der Waals surface area (Å²) in [5.41, 5.74) is 7.50. The second kappa shape index (κ2) is 5.09. The third-order valence-electron chi connectivity index (χ3n) is 2.95. The summed E-state index contributed by atoms with van der Waals surface area (Å²) in [5.74, 6) is 2.39. The van der Waals surface area contributed by atoms with Gasteiger partial charge in [-0.25, -0.2) is 4.98 Å². The van der Waals surface area contributed by atoms with Crippen LogP contribution in [0.25, 0.3) is 0 Å². The summed E-state index contributed by atoms with van der Waals surface area (Å²) in [7, 11) is 0. The first-order chi connectivity index (χ1) is 9.33. The molecule has 3 rings (SSSR count). The van der Waals surface area contributed by atoms with Gasteiger partial charge in [0.05, 0.1) is 11.4 Å². The molecule has 0 amide bonds. The topological polar surface area (TPSA) is 85.2 Å². The molecule has 19 heavy (non-hydrogen) atoms. The first-order valence-electron chi connectivity index (χ1n) is 6.24. The van der Waals surface area contributed by atoms with Gasteiger partial charge in [-0.3, -0.25) is 0 Å². The zero-order chi connectivity index (χ0) is 13.1. The smallest absolute Gasteiger partial charge is 0.163 e. The molecule has 6 heteroatoms. The fourth-order valence-electron chi connectivity index (χ4n) is 2.01. The van der Waals surface area contributed by atoms with Gasteiger partial charge < -0.3 is 25.5 Å². The summed E-state index contributed by atoms with van der Waals surface area (Å²) in [4.78, 5) is 7.23. The van der Waals surface area contributed by atoms with Crippen molar-refractivity contribution in [1.82, 2.24) is 9.97 Å². The Kier molecular flexibility index (Phi) is 3.14. The van der Waals surface area contributed by atoms with Gasteiger partial charge >= 0.3 is 0 Å². The van der Waals surface area contributed by atoms with E-state index in [1.54, 1.807) is 12.3 Å². The molecule has 2 aromatic rings. The number of nitrogens with one attached hydrogen (secondary N) is 2. The number of anilines is 2. The zero-order valence-electron chi connectivity index (χ0n) is 10.5. The number of aromatic amines is 1. The fraction of sp³-hybridized carbons (Fsp3) is 0.308. The molecule has 0 fully saturated rings. The Morgan fingerprint density at radius 1 is 1.26 bits per heavy atom. The first-order valence-corrected chi connectivity index (χ1v) is 6.24. The molecule has 1 aromatic carbocycles. The van der Waals surface area contributed by atoms with Crippen LogP contribution in [-0.4, -0.2) is 29.7 Å². The molecule has 0 aliphatic carbocycles. The molecule has 2 heterocycles. The minimum Gasteiger partial charge on any atom is -0.486 e. The van der Waals surface area contributed by atoms with Crippen LogP contribution in [0.4, 0.5) is 11.4 Å². The van der Waals surface area contributed by atoms with Crippen molar-refractivity contribution in [3.05, 3.63) is 30.4 Å². The minimum absolute atomic E-state index is 0.567. The third kappa shape index (κ3) is 2.57. The number of ether oxygens (including phenoxy) is 2. The van der Waals surface area contributed by atoms with Gasteiger partial charge in [0, 0.05) is 37.5 Å². The Labute approximate surface area is 110 Å². The van der Waals surface area contributed by atoms with Crippen molar-refractivity contribution < 1.29 is 9.47 Å². The molecule has 0 saturated carbocycles. The molecule has 0 bridgehead atoms. The quantitative estimate of drug-likeness (QED) is 0.724. The van der Waals surface area contributed by atoms with E-state index in [2.05, 4.69) is 15.3 Å². The number of nitrogens with two attached hydrogens (primary N) is 1. The molecule has 0 radical (unpaired) electrons. The summed E-state index contributed by atoms with van der Waals surface area (Å²) < 4.78 is 11.0. The highest BCUT2D eigenvalue weighted by Gasteiger charge is 2.14. The molecule has 0 spiro atoms. The van der Waals surface area contributed by atoms with E-state index in [9.17, 15) is 0 Å². The molecule has 1 aromatic heterocycles. The largest absolute Gasteiger partial charge is 0.486 e. The van der Waals surface area contributed by atoms with Crippen LogP contribution in [0.3, 0.4) is 0 Å². The summed E-state index contributed by atoms with van der Waals surface area (Å²) in [6.07, 6.45) is 4.36. The Morgan fingerprint density at radius 3 is 2.79 bits per heavy atom. The van der Waals surface area contributed by atoms with Crippen LogP contribution in [0.15, 0.2) is 24.5 Å². The summed E-state index contributed by atoms with van der Waals surface area (Å²) in [5, 5.41) is 3.28. The minimum atomic E-state index is 0.567. The van der Waals surface area contributed by atoms with Gasteiger partial charge in [0.1, 0.15) is 19.0 Å². The maximum atomic E-state index is 5.98. The van der Waals surface area contributed by atoms with Gasteiger partial charge in [0.2, 0.25) is 0 Å². The van der Waals surface area contributed by atoms with Crippen molar-refractivity contribution in [2.75, 3.05) is 30.8 Å². The maximum absolute atomic E-state index is 5.98. The molecule has 0 atom stereocenters. The van der Waals surface area contributed by atoms with Crippen LogP contribution in [0.1, 0.15) is 5.82 Å². The Hall–Kier alpha value is -2.37. The van der Waals surface area contributed by atoms with E-state index < -0.39 is 0 Å². The number of benzene rings is 1. The Balaban J connectivity index is 1.67. The fourth-order valence-corrected chi connectivity index (χ4v) is 2.01. The molecule has 0 unspecified atom stereocenters. The predicted molar refractivity (Wildman–Crippen MR) is 72.6 cm³/mol. The second-order valence-corrected chi connectivity index (χ2v) is 4.30. The number of nitrogen functional groups attached to an aromatic ring is 1. The van der Waals surface area contributed by atoms with Gasteiger partial charge in [0.25, 0.3) is 0 Å². The van der Waals surface area contributed by atoms with Crippen LogP contribution < -0.4 is 20.5 Å². The Bertz CT molecular complexity index is 554. The highest BCUT2D eigenvalue weighted by Crippen LogP contribution is 2.36. The molecular formula is C13H16N4O2. The highest BCUT2D eigenvalue weighted by atomic mass is 16.6. The lowest BCUT2D eigenvalue weighted by atomic mass is 10.2. The van der Waals surface area contributed by atoms with Crippen molar-refractivity contribution in [1.29, 1.82) is 0 Å². The van der Waals surface area contributed by atoms with E-state index in [1.807, 2.05) is 12.3 Å². The van der Waals surface area contributed by atoms with Gasteiger partial charge in [-0.2, -0.15) is 0 Å².